The number of furan rings is 1. The molecule has 2 rings (SSSR count). The Balaban J connectivity index is 2.35. The molecule has 0 aliphatic rings. The van der Waals surface area contributed by atoms with Gasteiger partial charge in [0.2, 0.25) is 20.7 Å². The minimum absolute atomic E-state index is 0.304. The Labute approximate surface area is 114 Å². The summed E-state index contributed by atoms with van der Waals surface area (Å²) >= 11 is 0. The van der Waals surface area contributed by atoms with Gasteiger partial charge in [0.05, 0.1) is 5.75 Å². The number of carboxylic acids is 1. The Morgan fingerprint density at radius 1 is 1.30 bits per heavy atom. The average Bonchev–Trinajstić information content (AvgIpc) is 2.84. The van der Waals surface area contributed by atoms with Crippen LogP contribution >= 0.6 is 0 Å². The molecule has 0 bridgehead atoms. The third-order valence-corrected chi connectivity index (χ3v) is 4.28. The molecule has 0 radical (unpaired) electrons. The van der Waals surface area contributed by atoms with Gasteiger partial charge in [0.25, 0.3) is 0 Å². The first-order chi connectivity index (χ1) is 9.29. The molecule has 0 aliphatic carbocycles. The number of benzene rings is 1. The molecular weight excluding hydrogens is 287 g/mol. The van der Waals surface area contributed by atoms with Crippen LogP contribution in [0.4, 0.5) is 4.39 Å². The van der Waals surface area contributed by atoms with Crippen molar-refractivity contribution in [3.05, 3.63) is 53.0 Å². The van der Waals surface area contributed by atoms with Gasteiger partial charge in [-0.3, -0.25) is 0 Å². The van der Waals surface area contributed by atoms with Crippen LogP contribution in [0.15, 0.2) is 39.8 Å². The van der Waals surface area contributed by atoms with Gasteiger partial charge in [-0.05, 0) is 42.3 Å². The molecule has 0 saturated heterocycles. The molecular formula is C13H11FO5S. The molecule has 0 amide bonds. The van der Waals surface area contributed by atoms with Gasteiger partial charge in [-0.25, -0.2) is 17.6 Å². The van der Waals surface area contributed by atoms with Crippen molar-refractivity contribution in [3.63, 3.8) is 0 Å². The first-order valence-corrected chi connectivity index (χ1v) is 7.26. The van der Waals surface area contributed by atoms with Crippen molar-refractivity contribution in [3.8, 4) is 0 Å². The molecule has 0 atom stereocenters. The summed E-state index contributed by atoms with van der Waals surface area (Å²) in [5.74, 6) is -2.80. The fourth-order valence-corrected chi connectivity index (χ4v) is 3.03. The van der Waals surface area contributed by atoms with Crippen molar-refractivity contribution in [2.45, 2.75) is 17.8 Å². The first kappa shape index (κ1) is 14.3. The van der Waals surface area contributed by atoms with Crippen LogP contribution in [-0.4, -0.2) is 19.5 Å². The van der Waals surface area contributed by atoms with Crippen molar-refractivity contribution in [1.29, 1.82) is 0 Å². The second-order valence-electron chi connectivity index (χ2n) is 4.25. The molecule has 1 heterocycles. The predicted molar refractivity (Wildman–Crippen MR) is 67.7 cm³/mol. The Hall–Kier alpha value is -2.15. The smallest absolute Gasteiger partial charge is 0.371 e. The molecule has 20 heavy (non-hydrogen) atoms. The summed E-state index contributed by atoms with van der Waals surface area (Å²) in [5.41, 5.74) is 0.929. The monoisotopic (exact) mass is 298 g/mol. The van der Waals surface area contributed by atoms with E-state index in [2.05, 4.69) is 0 Å². The number of carboxylic acid groups (broad SMARTS) is 1. The topological polar surface area (TPSA) is 84.6 Å². The van der Waals surface area contributed by atoms with Crippen LogP contribution in [0, 0.1) is 12.7 Å². The Morgan fingerprint density at radius 2 is 2.00 bits per heavy atom. The lowest BCUT2D eigenvalue weighted by Gasteiger charge is -2.05. The SMILES string of the molecule is Cc1ccc(F)cc1CS(=O)(=O)c1ccc(C(=O)O)o1. The molecule has 0 aliphatic heterocycles. The highest BCUT2D eigenvalue weighted by molar-refractivity contribution is 7.90. The normalized spacial score (nSPS) is 11.5. The van der Waals surface area contributed by atoms with E-state index in [9.17, 15) is 17.6 Å². The van der Waals surface area contributed by atoms with Crippen molar-refractivity contribution in [2.75, 3.05) is 0 Å². The van der Waals surface area contributed by atoms with E-state index in [0.717, 1.165) is 18.2 Å². The standard InChI is InChI=1S/C13H11FO5S/c1-8-2-3-10(14)6-9(8)7-20(17,18)12-5-4-11(19-12)13(15)16/h2-6H,7H2,1H3,(H,15,16). The lowest BCUT2D eigenvalue weighted by molar-refractivity contribution is 0.0656. The summed E-state index contributed by atoms with van der Waals surface area (Å²) in [6.07, 6.45) is 0. The van der Waals surface area contributed by atoms with Gasteiger partial charge < -0.3 is 9.52 Å². The lowest BCUT2D eigenvalue weighted by atomic mass is 10.1. The zero-order valence-corrected chi connectivity index (χ0v) is 11.3. The van der Waals surface area contributed by atoms with Gasteiger partial charge in [-0.2, -0.15) is 0 Å². The number of hydrogen-bond acceptors (Lipinski definition) is 4. The molecule has 7 heteroatoms. The summed E-state index contributed by atoms with van der Waals surface area (Å²) in [5, 5.41) is 8.25. The van der Waals surface area contributed by atoms with Gasteiger partial charge >= 0.3 is 5.97 Å². The number of sulfone groups is 1. The number of aromatic carboxylic acids is 1. The zero-order valence-electron chi connectivity index (χ0n) is 10.5. The number of hydrogen-bond donors (Lipinski definition) is 1. The molecule has 1 aromatic carbocycles. The van der Waals surface area contributed by atoms with Crippen LogP contribution in [0.5, 0.6) is 0 Å². The van der Waals surface area contributed by atoms with Crippen molar-refractivity contribution in [1.82, 2.24) is 0 Å². The molecule has 106 valence electrons. The third kappa shape index (κ3) is 2.88. The maximum Gasteiger partial charge on any atom is 0.371 e. The van der Waals surface area contributed by atoms with Crippen LogP contribution in [-0.2, 0) is 15.6 Å². The highest BCUT2D eigenvalue weighted by Crippen LogP contribution is 2.21. The second-order valence-corrected chi connectivity index (χ2v) is 6.17. The van der Waals surface area contributed by atoms with E-state index >= 15 is 0 Å². The molecule has 0 spiro atoms. The largest absolute Gasteiger partial charge is 0.475 e. The minimum atomic E-state index is -3.86. The van der Waals surface area contributed by atoms with Crippen LogP contribution in [0.25, 0.3) is 0 Å². The molecule has 0 unspecified atom stereocenters. The van der Waals surface area contributed by atoms with E-state index in [4.69, 9.17) is 9.52 Å². The van der Waals surface area contributed by atoms with Gasteiger partial charge in [-0.1, -0.05) is 6.07 Å². The van der Waals surface area contributed by atoms with E-state index in [1.165, 1.54) is 12.1 Å². The Morgan fingerprint density at radius 3 is 2.60 bits per heavy atom. The zero-order chi connectivity index (χ0) is 14.9. The summed E-state index contributed by atoms with van der Waals surface area (Å²) in [7, 11) is -3.86. The van der Waals surface area contributed by atoms with Gasteiger partial charge in [0, 0.05) is 0 Å². The first-order valence-electron chi connectivity index (χ1n) is 5.60. The third-order valence-electron chi connectivity index (χ3n) is 2.76. The van der Waals surface area contributed by atoms with Gasteiger partial charge in [0.1, 0.15) is 5.82 Å². The van der Waals surface area contributed by atoms with E-state index in [0.29, 0.717) is 11.1 Å². The Bertz CT molecular complexity index is 761. The summed E-state index contributed by atoms with van der Waals surface area (Å²) < 4.78 is 42.1. The average molecular weight is 298 g/mol. The number of halogens is 1. The molecule has 5 nitrogen and oxygen atoms in total. The number of rotatable bonds is 4. The highest BCUT2D eigenvalue weighted by atomic mass is 32.2. The molecule has 0 fully saturated rings. The summed E-state index contributed by atoms with van der Waals surface area (Å²) in [6.45, 7) is 1.66. The predicted octanol–water partition coefficient (Wildman–Crippen LogP) is 2.40. The molecule has 2 aromatic rings. The van der Waals surface area contributed by atoms with Gasteiger partial charge in [0.15, 0.2) is 0 Å². The van der Waals surface area contributed by atoms with E-state index in [1.807, 2.05) is 0 Å². The lowest BCUT2D eigenvalue weighted by Crippen LogP contribution is -2.06. The minimum Gasteiger partial charge on any atom is -0.475 e. The highest BCUT2D eigenvalue weighted by Gasteiger charge is 2.22. The summed E-state index contributed by atoms with van der Waals surface area (Å²) in [4.78, 5) is 10.7. The van der Waals surface area contributed by atoms with Crippen LogP contribution in [0.1, 0.15) is 21.7 Å². The van der Waals surface area contributed by atoms with E-state index in [-0.39, 0.29) is 0 Å². The fourth-order valence-electron chi connectivity index (χ4n) is 1.67. The van der Waals surface area contributed by atoms with Crippen LogP contribution in [0.2, 0.25) is 0 Å². The maximum atomic E-state index is 13.1. The van der Waals surface area contributed by atoms with Crippen molar-refractivity contribution >= 4 is 15.8 Å². The van der Waals surface area contributed by atoms with Crippen molar-refractivity contribution < 1.29 is 27.1 Å². The van der Waals surface area contributed by atoms with E-state index < -0.39 is 38.2 Å². The Kier molecular flexibility index (Phi) is 3.63. The molecule has 1 aromatic heterocycles. The van der Waals surface area contributed by atoms with Crippen LogP contribution in [0.3, 0.4) is 0 Å². The second kappa shape index (κ2) is 5.09. The van der Waals surface area contributed by atoms with E-state index in [1.54, 1.807) is 6.92 Å². The number of aryl methyl sites for hydroxylation is 1. The number of carbonyl (C=O) groups is 1. The quantitative estimate of drug-likeness (QED) is 0.937. The molecule has 1 N–H and O–H groups in total. The maximum absolute atomic E-state index is 13.1. The summed E-state index contributed by atoms with van der Waals surface area (Å²) in [6, 6.07) is 5.99. The van der Waals surface area contributed by atoms with Crippen molar-refractivity contribution in [2.24, 2.45) is 0 Å². The van der Waals surface area contributed by atoms with Crippen LogP contribution < -0.4 is 0 Å². The molecule has 0 saturated carbocycles. The van der Waals surface area contributed by atoms with Gasteiger partial charge in [-0.15, -0.1) is 0 Å². The fraction of sp³-hybridized carbons (Fsp3) is 0.154.